The molecule has 1 saturated heterocycles. The average Bonchev–Trinajstić information content (AvgIpc) is 3.57. The Kier molecular flexibility index (Phi) is 5.73. The molecule has 0 N–H and O–H groups in total. The number of hydrogen-bond acceptors (Lipinski definition) is 4. The highest BCUT2D eigenvalue weighted by Crippen LogP contribution is 2.37. The first-order valence-electron chi connectivity index (χ1n) is 9.20. The van der Waals surface area contributed by atoms with Crippen LogP contribution in [0.5, 0.6) is 17.2 Å². The van der Waals surface area contributed by atoms with Crippen molar-refractivity contribution in [3.63, 3.8) is 0 Å². The Morgan fingerprint density at radius 2 is 1.32 bits per heavy atom. The smallest absolute Gasteiger partial charge is 0.210 e. The van der Waals surface area contributed by atoms with E-state index in [1.54, 1.807) is 12.1 Å². The highest BCUT2D eigenvalue weighted by molar-refractivity contribution is 5.47. The van der Waals surface area contributed by atoms with Gasteiger partial charge in [-0.3, -0.25) is 0 Å². The number of ether oxygens (including phenoxy) is 4. The fourth-order valence-electron chi connectivity index (χ4n) is 2.69. The molecule has 1 unspecified atom stereocenters. The Morgan fingerprint density at radius 1 is 0.750 bits per heavy atom. The van der Waals surface area contributed by atoms with E-state index in [-0.39, 0.29) is 24.2 Å². The molecule has 1 atom stereocenters. The van der Waals surface area contributed by atoms with Gasteiger partial charge in [-0.2, -0.15) is 4.39 Å². The molecule has 0 saturated carbocycles. The molecule has 0 aromatic heterocycles. The minimum absolute atomic E-state index is 0.0436. The number of halogens is 1. The van der Waals surface area contributed by atoms with Crippen LogP contribution in [0, 0.1) is 5.82 Å². The van der Waals surface area contributed by atoms with E-state index in [9.17, 15) is 0 Å². The molecule has 5 heteroatoms. The van der Waals surface area contributed by atoms with Crippen molar-refractivity contribution in [2.24, 2.45) is 0 Å². The first kappa shape index (κ1) is 18.3. The quantitative estimate of drug-likeness (QED) is 0.502. The molecule has 4 rings (SSSR count). The van der Waals surface area contributed by atoms with Crippen molar-refractivity contribution in [3.8, 4) is 17.2 Å². The van der Waals surface area contributed by atoms with Crippen LogP contribution in [0.2, 0.25) is 0 Å². The second kappa shape index (κ2) is 8.76. The summed E-state index contributed by atoms with van der Waals surface area (Å²) in [5, 5.41) is 0. The minimum atomic E-state index is -0.567. The third kappa shape index (κ3) is 4.81. The van der Waals surface area contributed by atoms with Crippen molar-refractivity contribution in [2.45, 2.75) is 19.3 Å². The average molecular weight is 380 g/mol. The van der Waals surface area contributed by atoms with Crippen LogP contribution in [0.4, 0.5) is 4.39 Å². The Bertz CT molecular complexity index is 895. The lowest BCUT2D eigenvalue weighted by molar-refractivity contribution is 0.227. The Labute approximate surface area is 163 Å². The molecular weight excluding hydrogens is 359 g/mol. The molecular formula is C23H21FO4. The summed E-state index contributed by atoms with van der Waals surface area (Å²) in [4.78, 5) is 0. The van der Waals surface area contributed by atoms with Crippen LogP contribution in [0.15, 0.2) is 72.8 Å². The molecule has 1 aliphatic heterocycles. The molecule has 28 heavy (non-hydrogen) atoms. The lowest BCUT2D eigenvalue weighted by Crippen LogP contribution is -2.08. The second-order valence-electron chi connectivity index (χ2n) is 6.52. The van der Waals surface area contributed by atoms with Gasteiger partial charge in [0.1, 0.15) is 25.9 Å². The first-order valence-corrected chi connectivity index (χ1v) is 9.20. The van der Waals surface area contributed by atoms with E-state index < -0.39 is 5.82 Å². The van der Waals surface area contributed by atoms with Crippen LogP contribution in [-0.2, 0) is 18.0 Å². The Hall–Kier alpha value is -3.05. The molecule has 0 radical (unpaired) electrons. The van der Waals surface area contributed by atoms with Gasteiger partial charge in [-0.15, -0.1) is 0 Å². The topological polar surface area (TPSA) is 40.2 Å². The van der Waals surface area contributed by atoms with E-state index in [0.717, 1.165) is 11.1 Å². The molecule has 0 aliphatic carbocycles. The fraction of sp³-hybridized carbons (Fsp3) is 0.217. The van der Waals surface area contributed by atoms with E-state index in [2.05, 4.69) is 0 Å². The summed E-state index contributed by atoms with van der Waals surface area (Å²) in [7, 11) is 0. The minimum Gasteiger partial charge on any atom is -0.488 e. The molecule has 0 spiro atoms. The van der Waals surface area contributed by atoms with Gasteiger partial charge in [0.05, 0.1) is 6.61 Å². The van der Waals surface area contributed by atoms with Gasteiger partial charge in [0.25, 0.3) is 0 Å². The molecule has 3 aromatic carbocycles. The SMILES string of the molecule is Fc1c(OCC2CO2)ccc(OCc2ccccc2)c1OCc1ccccc1. The highest BCUT2D eigenvalue weighted by Gasteiger charge is 2.25. The summed E-state index contributed by atoms with van der Waals surface area (Å²) in [6, 6.07) is 22.5. The monoisotopic (exact) mass is 380 g/mol. The van der Waals surface area contributed by atoms with E-state index >= 15 is 4.39 Å². The Balaban J connectivity index is 1.52. The van der Waals surface area contributed by atoms with Crippen molar-refractivity contribution in [2.75, 3.05) is 13.2 Å². The maximum atomic E-state index is 15.1. The predicted molar refractivity (Wildman–Crippen MR) is 103 cm³/mol. The summed E-state index contributed by atoms with van der Waals surface area (Å²) >= 11 is 0. The number of benzene rings is 3. The molecule has 4 nitrogen and oxygen atoms in total. The largest absolute Gasteiger partial charge is 0.488 e. The summed E-state index contributed by atoms with van der Waals surface area (Å²) < 4.78 is 37.3. The van der Waals surface area contributed by atoms with Gasteiger partial charge in [0, 0.05) is 0 Å². The molecule has 144 valence electrons. The maximum absolute atomic E-state index is 15.1. The predicted octanol–water partition coefficient (Wildman–Crippen LogP) is 4.76. The molecule has 0 amide bonds. The van der Waals surface area contributed by atoms with E-state index in [4.69, 9.17) is 18.9 Å². The molecule has 1 fully saturated rings. The van der Waals surface area contributed by atoms with Gasteiger partial charge in [0.2, 0.25) is 11.6 Å². The van der Waals surface area contributed by atoms with Crippen molar-refractivity contribution >= 4 is 0 Å². The van der Waals surface area contributed by atoms with Gasteiger partial charge >= 0.3 is 0 Å². The fourth-order valence-corrected chi connectivity index (χ4v) is 2.69. The van der Waals surface area contributed by atoms with Crippen LogP contribution in [0.3, 0.4) is 0 Å². The van der Waals surface area contributed by atoms with Gasteiger partial charge in [0.15, 0.2) is 11.5 Å². The molecule has 1 heterocycles. The number of epoxide rings is 1. The van der Waals surface area contributed by atoms with Gasteiger partial charge in [-0.1, -0.05) is 60.7 Å². The third-order valence-corrected chi connectivity index (χ3v) is 4.32. The van der Waals surface area contributed by atoms with Gasteiger partial charge < -0.3 is 18.9 Å². The maximum Gasteiger partial charge on any atom is 0.210 e. The Morgan fingerprint density at radius 3 is 1.93 bits per heavy atom. The van der Waals surface area contributed by atoms with Crippen molar-refractivity contribution < 1.29 is 23.3 Å². The standard InChI is InChI=1S/C23H21FO4/c24-22-20(27-16-19-15-25-19)11-12-21(26-13-17-7-3-1-4-8-17)23(22)28-14-18-9-5-2-6-10-18/h1-12,19H,13-16H2. The van der Waals surface area contributed by atoms with E-state index in [0.29, 0.717) is 25.6 Å². The summed E-state index contributed by atoms with van der Waals surface area (Å²) in [5.41, 5.74) is 1.93. The lowest BCUT2D eigenvalue weighted by atomic mass is 10.2. The van der Waals surface area contributed by atoms with Crippen molar-refractivity contribution in [3.05, 3.63) is 89.7 Å². The summed E-state index contributed by atoms with van der Waals surface area (Å²) in [6.45, 7) is 1.52. The van der Waals surface area contributed by atoms with Crippen molar-refractivity contribution in [1.82, 2.24) is 0 Å². The zero-order valence-electron chi connectivity index (χ0n) is 15.3. The van der Waals surface area contributed by atoms with Crippen LogP contribution in [-0.4, -0.2) is 19.3 Å². The zero-order valence-corrected chi connectivity index (χ0v) is 15.3. The lowest BCUT2D eigenvalue weighted by Gasteiger charge is -2.16. The molecule has 0 bridgehead atoms. The number of hydrogen-bond donors (Lipinski definition) is 0. The van der Waals surface area contributed by atoms with Crippen LogP contribution in [0.25, 0.3) is 0 Å². The normalized spacial score (nSPS) is 15.1. The van der Waals surface area contributed by atoms with Crippen LogP contribution < -0.4 is 14.2 Å². The molecule has 3 aromatic rings. The molecule has 1 aliphatic rings. The highest BCUT2D eigenvalue weighted by atomic mass is 19.1. The van der Waals surface area contributed by atoms with Crippen molar-refractivity contribution in [1.29, 1.82) is 0 Å². The van der Waals surface area contributed by atoms with Gasteiger partial charge in [-0.25, -0.2) is 0 Å². The third-order valence-electron chi connectivity index (χ3n) is 4.32. The van der Waals surface area contributed by atoms with E-state index in [1.807, 2.05) is 60.7 Å². The summed E-state index contributed by atoms with van der Waals surface area (Å²) in [5.74, 6) is -0.0472. The summed E-state index contributed by atoms with van der Waals surface area (Å²) in [6.07, 6.45) is 0.0436. The van der Waals surface area contributed by atoms with Crippen LogP contribution in [0.1, 0.15) is 11.1 Å². The zero-order chi connectivity index (χ0) is 19.2. The van der Waals surface area contributed by atoms with Gasteiger partial charge in [-0.05, 0) is 23.3 Å². The first-order chi connectivity index (χ1) is 13.8. The second-order valence-corrected chi connectivity index (χ2v) is 6.52. The number of rotatable bonds is 9. The van der Waals surface area contributed by atoms with Crippen LogP contribution >= 0.6 is 0 Å². The van der Waals surface area contributed by atoms with E-state index in [1.165, 1.54) is 0 Å².